The molecule has 0 aliphatic rings. The second-order valence-corrected chi connectivity index (χ2v) is 4.30. The molecule has 0 fully saturated rings. The molecule has 0 unspecified atom stereocenters. The first-order valence-corrected chi connectivity index (χ1v) is 6.55. The van der Waals surface area contributed by atoms with Crippen LogP contribution in [0.3, 0.4) is 0 Å². The highest BCUT2D eigenvalue weighted by Crippen LogP contribution is 2.26. The topological polar surface area (TPSA) is 43.4 Å². The van der Waals surface area contributed by atoms with Crippen molar-refractivity contribution in [3.05, 3.63) is 35.1 Å². The maximum atomic E-state index is 14.0. The first-order valence-electron chi connectivity index (χ1n) is 6.55. The second-order valence-electron chi connectivity index (χ2n) is 4.30. The second kappa shape index (κ2) is 7.02. The van der Waals surface area contributed by atoms with Gasteiger partial charge in [-0.2, -0.15) is 0 Å². The highest BCUT2D eigenvalue weighted by atomic mass is 19.1. The molecule has 0 saturated heterocycles. The van der Waals surface area contributed by atoms with E-state index in [1.54, 1.807) is 13.0 Å². The molecule has 0 aliphatic heterocycles. The maximum absolute atomic E-state index is 14.0. The van der Waals surface area contributed by atoms with Crippen LogP contribution in [-0.2, 0) is 9.53 Å². The SMILES string of the molecule is CCOC(=O)C(=O)c1ccc(C(CC)CC)c(F)c1. The van der Waals surface area contributed by atoms with Crippen LogP contribution < -0.4 is 0 Å². The van der Waals surface area contributed by atoms with Crippen LogP contribution >= 0.6 is 0 Å². The summed E-state index contributed by atoms with van der Waals surface area (Å²) in [6, 6.07) is 4.18. The number of hydrogen-bond donors (Lipinski definition) is 0. The van der Waals surface area contributed by atoms with Crippen LogP contribution in [0.25, 0.3) is 0 Å². The molecule has 4 heteroatoms. The molecule has 0 aromatic heterocycles. The standard InChI is InChI=1S/C15H19FO3/c1-4-10(5-2)12-8-7-11(9-13(12)16)14(17)15(18)19-6-3/h7-10H,4-6H2,1-3H3. The van der Waals surface area contributed by atoms with Crippen molar-refractivity contribution < 1.29 is 18.7 Å². The minimum atomic E-state index is -0.947. The summed E-state index contributed by atoms with van der Waals surface area (Å²) in [5, 5.41) is 0. The molecule has 19 heavy (non-hydrogen) atoms. The van der Waals surface area contributed by atoms with Gasteiger partial charge in [0.15, 0.2) is 0 Å². The minimum Gasteiger partial charge on any atom is -0.460 e. The predicted molar refractivity (Wildman–Crippen MR) is 70.7 cm³/mol. The highest BCUT2D eigenvalue weighted by Gasteiger charge is 2.20. The summed E-state index contributed by atoms with van der Waals surface area (Å²) in [5.74, 6) is -2.07. The lowest BCUT2D eigenvalue weighted by Crippen LogP contribution is -2.18. The Kier molecular flexibility index (Phi) is 5.67. The van der Waals surface area contributed by atoms with Crippen LogP contribution in [0, 0.1) is 5.82 Å². The Bertz CT molecular complexity index is 464. The molecule has 0 N–H and O–H groups in total. The van der Waals surface area contributed by atoms with E-state index in [1.165, 1.54) is 6.07 Å². The Morgan fingerprint density at radius 2 is 1.84 bits per heavy atom. The van der Waals surface area contributed by atoms with Crippen LogP contribution in [0.4, 0.5) is 4.39 Å². The zero-order valence-corrected chi connectivity index (χ0v) is 11.5. The molecule has 0 saturated carbocycles. The highest BCUT2D eigenvalue weighted by molar-refractivity contribution is 6.40. The Morgan fingerprint density at radius 1 is 1.21 bits per heavy atom. The van der Waals surface area contributed by atoms with E-state index < -0.39 is 17.6 Å². The van der Waals surface area contributed by atoms with Crippen molar-refractivity contribution in [3.8, 4) is 0 Å². The van der Waals surface area contributed by atoms with E-state index in [2.05, 4.69) is 4.74 Å². The van der Waals surface area contributed by atoms with E-state index in [-0.39, 0.29) is 18.1 Å². The van der Waals surface area contributed by atoms with Gasteiger partial charge in [0, 0.05) is 5.56 Å². The smallest absolute Gasteiger partial charge is 0.379 e. The quantitative estimate of drug-likeness (QED) is 0.450. The van der Waals surface area contributed by atoms with Crippen molar-refractivity contribution in [2.75, 3.05) is 6.61 Å². The van der Waals surface area contributed by atoms with Crippen LogP contribution in [0.5, 0.6) is 0 Å². The molecule has 1 aromatic carbocycles. The van der Waals surface area contributed by atoms with Gasteiger partial charge in [0.2, 0.25) is 0 Å². The number of esters is 1. The molecule has 0 atom stereocenters. The molecule has 0 amide bonds. The number of carbonyl (C=O) groups excluding carboxylic acids is 2. The van der Waals surface area contributed by atoms with E-state index >= 15 is 0 Å². The first kappa shape index (κ1) is 15.3. The summed E-state index contributed by atoms with van der Waals surface area (Å²) in [5.41, 5.74) is 0.621. The van der Waals surface area contributed by atoms with Crippen LogP contribution in [0.15, 0.2) is 18.2 Å². The fourth-order valence-corrected chi connectivity index (χ4v) is 2.04. The van der Waals surface area contributed by atoms with Gasteiger partial charge >= 0.3 is 5.97 Å². The molecule has 1 rings (SSSR count). The Labute approximate surface area is 112 Å². The summed E-state index contributed by atoms with van der Waals surface area (Å²) in [7, 11) is 0. The van der Waals surface area contributed by atoms with Crippen molar-refractivity contribution >= 4 is 11.8 Å². The number of hydrogen-bond acceptors (Lipinski definition) is 3. The number of Topliss-reactive ketones (excluding diaryl/α,β-unsaturated/α-hetero) is 1. The van der Waals surface area contributed by atoms with E-state index in [1.807, 2.05) is 13.8 Å². The molecule has 0 bridgehead atoms. The molecular weight excluding hydrogens is 247 g/mol. The number of halogens is 1. The molecule has 3 nitrogen and oxygen atoms in total. The number of ketones is 1. The number of ether oxygens (including phenoxy) is 1. The van der Waals surface area contributed by atoms with Gasteiger partial charge in [0.05, 0.1) is 6.61 Å². The fourth-order valence-electron chi connectivity index (χ4n) is 2.04. The monoisotopic (exact) mass is 266 g/mol. The molecule has 104 valence electrons. The normalized spacial score (nSPS) is 10.6. The largest absolute Gasteiger partial charge is 0.460 e. The van der Waals surface area contributed by atoms with Gasteiger partial charge in [-0.15, -0.1) is 0 Å². The van der Waals surface area contributed by atoms with Crippen molar-refractivity contribution in [1.29, 1.82) is 0 Å². The van der Waals surface area contributed by atoms with Gasteiger partial charge in [-0.3, -0.25) is 4.79 Å². The van der Waals surface area contributed by atoms with E-state index in [0.29, 0.717) is 5.56 Å². The molecule has 0 spiro atoms. The van der Waals surface area contributed by atoms with Gasteiger partial charge in [-0.05, 0) is 37.3 Å². The fraction of sp³-hybridized carbons (Fsp3) is 0.467. The predicted octanol–water partition coefficient (Wildman–Crippen LogP) is 3.48. The molecule has 0 heterocycles. The molecule has 0 radical (unpaired) electrons. The third-order valence-electron chi connectivity index (χ3n) is 3.15. The molecule has 0 aliphatic carbocycles. The Hall–Kier alpha value is -1.71. The van der Waals surface area contributed by atoms with Crippen LogP contribution in [0.2, 0.25) is 0 Å². The summed E-state index contributed by atoms with van der Waals surface area (Å²) in [6.07, 6.45) is 1.66. The van der Waals surface area contributed by atoms with Gasteiger partial charge < -0.3 is 4.74 Å². The maximum Gasteiger partial charge on any atom is 0.379 e. The lowest BCUT2D eigenvalue weighted by Gasteiger charge is -2.14. The zero-order valence-electron chi connectivity index (χ0n) is 11.5. The summed E-state index contributed by atoms with van der Waals surface area (Å²) in [6.45, 7) is 5.72. The van der Waals surface area contributed by atoms with E-state index in [4.69, 9.17) is 0 Å². The van der Waals surface area contributed by atoms with Crippen molar-refractivity contribution in [1.82, 2.24) is 0 Å². The third kappa shape index (κ3) is 3.63. The summed E-state index contributed by atoms with van der Waals surface area (Å²) >= 11 is 0. The Morgan fingerprint density at radius 3 is 2.32 bits per heavy atom. The number of carbonyl (C=O) groups is 2. The lowest BCUT2D eigenvalue weighted by molar-refractivity contribution is -0.137. The summed E-state index contributed by atoms with van der Waals surface area (Å²) < 4.78 is 18.6. The summed E-state index contributed by atoms with van der Waals surface area (Å²) in [4.78, 5) is 23.0. The minimum absolute atomic E-state index is 0.0330. The average molecular weight is 266 g/mol. The average Bonchev–Trinajstić information content (AvgIpc) is 2.41. The number of benzene rings is 1. The van der Waals surface area contributed by atoms with Crippen molar-refractivity contribution in [3.63, 3.8) is 0 Å². The zero-order chi connectivity index (χ0) is 14.4. The van der Waals surface area contributed by atoms with Crippen molar-refractivity contribution in [2.45, 2.75) is 39.5 Å². The van der Waals surface area contributed by atoms with Crippen LogP contribution in [-0.4, -0.2) is 18.4 Å². The first-order chi connectivity index (χ1) is 9.04. The van der Waals surface area contributed by atoms with Gasteiger partial charge in [-0.1, -0.05) is 26.0 Å². The lowest BCUT2D eigenvalue weighted by atomic mass is 9.92. The van der Waals surface area contributed by atoms with Gasteiger partial charge in [0.25, 0.3) is 5.78 Å². The molecule has 1 aromatic rings. The van der Waals surface area contributed by atoms with Gasteiger partial charge in [-0.25, -0.2) is 9.18 Å². The molecular formula is C15H19FO3. The van der Waals surface area contributed by atoms with E-state index in [0.717, 1.165) is 18.9 Å². The van der Waals surface area contributed by atoms with Crippen molar-refractivity contribution in [2.24, 2.45) is 0 Å². The number of rotatable bonds is 6. The van der Waals surface area contributed by atoms with Gasteiger partial charge in [0.1, 0.15) is 5.82 Å². The third-order valence-corrected chi connectivity index (χ3v) is 3.15. The van der Waals surface area contributed by atoms with Crippen LogP contribution in [0.1, 0.15) is 55.5 Å². The van der Waals surface area contributed by atoms with E-state index in [9.17, 15) is 14.0 Å². The Balaban J connectivity index is 2.99.